The second-order valence-corrected chi connectivity index (χ2v) is 6.06. The molecule has 10 heteroatoms. The third-order valence-corrected chi connectivity index (χ3v) is 4.28. The molecule has 0 fully saturated rings. The predicted octanol–water partition coefficient (Wildman–Crippen LogP) is 4.90. The van der Waals surface area contributed by atoms with Gasteiger partial charge in [0.1, 0.15) is 12.1 Å². The summed E-state index contributed by atoms with van der Waals surface area (Å²) in [6.45, 7) is -0.511. The molecule has 0 aliphatic rings. The summed E-state index contributed by atoms with van der Waals surface area (Å²) in [6.07, 6.45) is -3.64. The quantitative estimate of drug-likeness (QED) is 0.596. The topological polar surface area (TPSA) is 75.4 Å². The van der Waals surface area contributed by atoms with Crippen LogP contribution in [-0.2, 0) is 12.8 Å². The third kappa shape index (κ3) is 4.00. The number of alkyl halides is 3. The SMILES string of the molecule is O=C(Nc1cc(CO)c(Cl)c(-c2ccc(C(F)(F)F)c(F)c2)c1)c1ccon1. The van der Waals surface area contributed by atoms with Crippen LogP contribution in [-0.4, -0.2) is 16.2 Å². The van der Waals surface area contributed by atoms with E-state index in [-0.39, 0.29) is 33.1 Å². The van der Waals surface area contributed by atoms with Crippen molar-refractivity contribution in [2.24, 2.45) is 0 Å². The fourth-order valence-corrected chi connectivity index (χ4v) is 2.80. The van der Waals surface area contributed by atoms with Crippen LogP contribution in [0.25, 0.3) is 11.1 Å². The van der Waals surface area contributed by atoms with Crippen molar-refractivity contribution in [1.29, 1.82) is 0 Å². The van der Waals surface area contributed by atoms with Crippen LogP contribution < -0.4 is 5.32 Å². The Labute approximate surface area is 160 Å². The summed E-state index contributed by atoms with van der Waals surface area (Å²) in [5.41, 5.74) is -0.876. The Bertz CT molecular complexity index is 1020. The predicted molar refractivity (Wildman–Crippen MR) is 92.2 cm³/mol. The molecule has 3 rings (SSSR count). The number of nitrogens with zero attached hydrogens (tertiary/aromatic N) is 1. The molecular weight excluding hydrogens is 404 g/mol. The van der Waals surface area contributed by atoms with Gasteiger partial charge in [0, 0.05) is 17.3 Å². The molecular formula is C18H11ClF4N2O3. The van der Waals surface area contributed by atoms with Crippen LogP contribution in [0.5, 0.6) is 0 Å². The maximum absolute atomic E-state index is 13.9. The highest BCUT2D eigenvalue weighted by Crippen LogP contribution is 2.37. The number of carbonyl (C=O) groups is 1. The van der Waals surface area contributed by atoms with Crippen molar-refractivity contribution in [3.05, 3.63) is 70.3 Å². The molecule has 5 nitrogen and oxygen atoms in total. The van der Waals surface area contributed by atoms with Gasteiger partial charge < -0.3 is 14.9 Å². The first-order chi connectivity index (χ1) is 13.2. The molecule has 0 bridgehead atoms. The average Bonchev–Trinajstić information content (AvgIpc) is 3.16. The van der Waals surface area contributed by atoms with Crippen molar-refractivity contribution >= 4 is 23.2 Å². The number of aliphatic hydroxyl groups excluding tert-OH is 1. The highest BCUT2D eigenvalue weighted by molar-refractivity contribution is 6.34. The van der Waals surface area contributed by atoms with Gasteiger partial charge in [-0.2, -0.15) is 13.2 Å². The molecule has 1 amide bonds. The van der Waals surface area contributed by atoms with E-state index in [9.17, 15) is 27.5 Å². The minimum absolute atomic E-state index is 0.0115. The number of aromatic nitrogens is 1. The van der Waals surface area contributed by atoms with E-state index in [0.717, 1.165) is 6.07 Å². The lowest BCUT2D eigenvalue weighted by Crippen LogP contribution is -2.12. The normalized spacial score (nSPS) is 11.5. The highest BCUT2D eigenvalue weighted by atomic mass is 35.5. The number of rotatable bonds is 4. The first-order valence-corrected chi connectivity index (χ1v) is 8.10. The minimum atomic E-state index is -4.84. The summed E-state index contributed by atoms with van der Waals surface area (Å²) in [5.74, 6) is -2.09. The Morgan fingerprint density at radius 3 is 2.54 bits per heavy atom. The molecule has 2 N–H and O–H groups in total. The first-order valence-electron chi connectivity index (χ1n) is 7.73. The standard InChI is InChI=1S/C18H11ClF4N2O3/c19-16-10(8-26)5-11(24-17(27)15-3-4-28-25-15)7-12(16)9-1-2-13(14(20)6-9)18(21,22)23/h1-7,26H,8H2,(H,24,27). The van der Waals surface area contributed by atoms with Crippen LogP contribution >= 0.6 is 11.6 Å². The molecule has 146 valence electrons. The number of anilines is 1. The van der Waals surface area contributed by atoms with E-state index in [4.69, 9.17) is 11.6 Å². The van der Waals surface area contributed by atoms with Gasteiger partial charge in [0.05, 0.1) is 17.2 Å². The fraction of sp³-hybridized carbons (Fsp3) is 0.111. The zero-order chi connectivity index (χ0) is 20.5. The van der Waals surface area contributed by atoms with E-state index in [0.29, 0.717) is 12.1 Å². The molecule has 1 aromatic heterocycles. The van der Waals surface area contributed by atoms with Crippen LogP contribution in [0.2, 0.25) is 5.02 Å². The van der Waals surface area contributed by atoms with Gasteiger partial charge >= 0.3 is 6.18 Å². The van der Waals surface area contributed by atoms with Crippen molar-refractivity contribution in [2.45, 2.75) is 12.8 Å². The highest BCUT2D eigenvalue weighted by Gasteiger charge is 2.34. The maximum atomic E-state index is 13.9. The van der Waals surface area contributed by atoms with E-state index in [1.807, 2.05) is 0 Å². The van der Waals surface area contributed by atoms with Crippen molar-refractivity contribution in [2.75, 3.05) is 5.32 Å². The second kappa shape index (κ2) is 7.61. The van der Waals surface area contributed by atoms with Crippen molar-refractivity contribution in [3.8, 4) is 11.1 Å². The summed E-state index contributed by atoms with van der Waals surface area (Å²) in [7, 11) is 0. The Kier molecular flexibility index (Phi) is 5.39. The van der Waals surface area contributed by atoms with Gasteiger partial charge in [-0.15, -0.1) is 0 Å². The van der Waals surface area contributed by atoms with Gasteiger partial charge in [0.25, 0.3) is 5.91 Å². The van der Waals surface area contributed by atoms with E-state index in [1.54, 1.807) is 0 Å². The van der Waals surface area contributed by atoms with Crippen LogP contribution in [0, 0.1) is 5.82 Å². The minimum Gasteiger partial charge on any atom is -0.392 e. The number of hydrogen-bond donors (Lipinski definition) is 2. The van der Waals surface area contributed by atoms with Crippen LogP contribution in [0.3, 0.4) is 0 Å². The molecule has 0 saturated carbocycles. The third-order valence-electron chi connectivity index (χ3n) is 3.83. The van der Waals surface area contributed by atoms with Crippen LogP contribution in [0.1, 0.15) is 21.6 Å². The molecule has 3 aromatic rings. The van der Waals surface area contributed by atoms with Crippen molar-refractivity contribution < 1.29 is 32.0 Å². The molecule has 0 spiro atoms. The molecule has 0 aliphatic heterocycles. The Morgan fingerprint density at radius 2 is 1.96 bits per heavy atom. The zero-order valence-corrected chi connectivity index (χ0v) is 14.6. The van der Waals surface area contributed by atoms with Gasteiger partial charge in [0.2, 0.25) is 0 Å². The summed E-state index contributed by atoms with van der Waals surface area (Å²) in [5, 5.41) is 15.5. The van der Waals surface area contributed by atoms with E-state index >= 15 is 0 Å². The molecule has 0 radical (unpaired) electrons. The molecule has 0 saturated heterocycles. The Morgan fingerprint density at radius 1 is 1.21 bits per heavy atom. The maximum Gasteiger partial charge on any atom is 0.419 e. The number of carbonyl (C=O) groups excluding carboxylic acids is 1. The van der Waals surface area contributed by atoms with Gasteiger partial charge in [-0.25, -0.2) is 4.39 Å². The number of halogens is 5. The van der Waals surface area contributed by atoms with Gasteiger partial charge in [-0.3, -0.25) is 4.79 Å². The molecule has 1 heterocycles. The molecule has 0 unspecified atom stereocenters. The lowest BCUT2D eigenvalue weighted by atomic mass is 10.00. The lowest BCUT2D eigenvalue weighted by Gasteiger charge is -2.14. The smallest absolute Gasteiger partial charge is 0.392 e. The average molecular weight is 415 g/mol. The van der Waals surface area contributed by atoms with E-state index in [1.165, 1.54) is 24.5 Å². The lowest BCUT2D eigenvalue weighted by molar-refractivity contribution is -0.139. The molecule has 2 aromatic carbocycles. The van der Waals surface area contributed by atoms with Crippen molar-refractivity contribution in [1.82, 2.24) is 5.16 Å². The summed E-state index contributed by atoms with van der Waals surface area (Å²) >= 11 is 6.19. The van der Waals surface area contributed by atoms with Gasteiger partial charge in [-0.05, 0) is 35.4 Å². The summed E-state index contributed by atoms with van der Waals surface area (Å²) < 4.78 is 56.8. The van der Waals surface area contributed by atoms with E-state index < -0.39 is 30.1 Å². The summed E-state index contributed by atoms with van der Waals surface area (Å²) in [4.78, 5) is 12.1. The number of nitrogens with one attached hydrogen (secondary N) is 1. The number of hydrogen-bond acceptors (Lipinski definition) is 4. The van der Waals surface area contributed by atoms with Crippen LogP contribution in [0.15, 0.2) is 47.2 Å². The van der Waals surface area contributed by atoms with Gasteiger partial charge in [-0.1, -0.05) is 22.8 Å². The Hall–Kier alpha value is -2.91. The molecule has 28 heavy (non-hydrogen) atoms. The summed E-state index contributed by atoms with van der Waals surface area (Å²) in [6, 6.07) is 6.39. The van der Waals surface area contributed by atoms with Crippen LogP contribution in [0.4, 0.5) is 23.2 Å². The number of amides is 1. The molecule has 0 aliphatic carbocycles. The largest absolute Gasteiger partial charge is 0.419 e. The first kappa shape index (κ1) is 19.8. The Balaban J connectivity index is 2.03. The number of benzene rings is 2. The molecule has 0 atom stereocenters. The zero-order valence-electron chi connectivity index (χ0n) is 13.8. The number of aliphatic hydroxyl groups is 1. The van der Waals surface area contributed by atoms with E-state index in [2.05, 4.69) is 15.0 Å². The second-order valence-electron chi connectivity index (χ2n) is 5.69. The van der Waals surface area contributed by atoms with Gasteiger partial charge in [0.15, 0.2) is 5.69 Å². The monoisotopic (exact) mass is 414 g/mol. The van der Waals surface area contributed by atoms with Crippen molar-refractivity contribution in [3.63, 3.8) is 0 Å². The fourth-order valence-electron chi connectivity index (χ4n) is 2.52.